The molecule has 21 heavy (non-hydrogen) atoms. The topological polar surface area (TPSA) is 46.9 Å². The summed E-state index contributed by atoms with van der Waals surface area (Å²) in [6, 6.07) is 6.38. The zero-order chi connectivity index (χ0) is 15.4. The van der Waals surface area contributed by atoms with E-state index >= 15 is 0 Å². The highest BCUT2D eigenvalue weighted by molar-refractivity contribution is 5.76. The standard InChI is InChI=1S/C16H20FN3O/c1-11(2)18-15(21)9-6-13-10-20(3)19-16(13)12-4-7-14(17)8-5-12/h4-5,7-8,10-11H,6,9H2,1-3H3,(H,18,21). The number of carbonyl (C=O) groups excluding carboxylic acids is 1. The Morgan fingerprint density at radius 2 is 2.00 bits per heavy atom. The fourth-order valence-electron chi connectivity index (χ4n) is 2.21. The molecule has 2 rings (SSSR count). The van der Waals surface area contributed by atoms with Crippen LogP contribution >= 0.6 is 0 Å². The maximum atomic E-state index is 13.0. The Bertz CT molecular complexity index is 617. The average molecular weight is 289 g/mol. The summed E-state index contributed by atoms with van der Waals surface area (Å²) in [4.78, 5) is 11.7. The van der Waals surface area contributed by atoms with Crippen LogP contribution in [0.5, 0.6) is 0 Å². The summed E-state index contributed by atoms with van der Waals surface area (Å²) in [5, 5.41) is 7.28. The second-order valence-corrected chi connectivity index (χ2v) is 5.41. The van der Waals surface area contributed by atoms with Crippen LogP contribution in [0.4, 0.5) is 4.39 Å². The first-order valence-corrected chi connectivity index (χ1v) is 7.03. The molecule has 0 bridgehead atoms. The maximum Gasteiger partial charge on any atom is 0.220 e. The summed E-state index contributed by atoms with van der Waals surface area (Å²) >= 11 is 0. The Morgan fingerprint density at radius 1 is 1.33 bits per heavy atom. The lowest BCUT2D eigenvalue weighted by atomic mass is 10.0. The molecule has 0 radical (unpaired) electrons. The average Bonchev–Trinajstić information content (AvgIpc) is 2.78. The summed E-state index contributed by atoms with van der Waals surface area (Å²) in [7, 11) is 1.84. The molecule has 0 aliphatic rings. The number of aryl methyl sites for hydroxylation is 2. The number of nitrogens with zero attached hydrogens (tertiary/aromatic N) is 2. The van der Waals surface area contributed by atoms with Crippen LogP contribution in [-0.4, -0.2) is 21.7 Å². The Balaban J connectivity index is 2.13. The van der Waals surface area contributed by atoms with Crippen molar-refractivity contribution in [3.63, 3.8) is 0 Å². The number of aromatic nitrogens is 2. The van der Waals surface area contributed by atoms with E-state index in [0.717, 1.165) is 16.8 Å². The number of nitrogens with one attached hydrogen (secondary N) is 1. The molecular formula is C16H20FN3O. The first kappa shape index (κ1) is 15.2. The van der Waals surface area contributed by atoms with Crippen LogP contribution in [0.15, 0.2) is 30.5 Å². The molecule has 0 spiro atoms. The number of hydrogen-bond donors (Lipinski definition) is 1. The second kappa shape index (κ2) is 6.52. The van der Waals surface area contributed by atoms with E-state index in [1.54, 1.807) is 16.8 Å². The van der Waals surface area contributed by atoms with Gasteiger partial charge in [0.1, 0.15) is 5.82 Å². The molecule has 5 heteroatoms. The van der Waals surface area contributed by atoms with E-state index in [9.17, 15) is 9.18 Å². The number of rotatable bonds is 5. The Hall–Kier alpha value is -2.17. The molecular weight excluding hydrogens is 269 g/mol. The minimum Gasteiger partial charge on any atom is -0.354 e. The highest BCUT2D eigenvalue weighted by Crippen LogP contribution is 2.23. The van der Waals surface area contributed by atoms with Crippen LogP contribution in [0.3, 0.4) is 0 Å². The molecule has 2 aromatic rings. The predicted octanol–water partition coefficient (Wildman–Crippen LogP) is 2.68. The predicted molar refractivity (Wildman–Crippen MR) is 80.2 cm³/mol. The van der Waals surface area contributed by atoms with Crippen molar-refractivity contribution in [2.45, 2.75) is 32.7 Å². The van der Waals surface area contributed by atoms with E-state index in [1.165, 1.54) is 12.1 Å². The zero-order valence-electron chi connectivity index (χ0n) is 12.6. The maximum absolute atomic E-state index is 13.0. The fourth-order valence-corrected chi connectivity index (χ4v) is 2.21. The largest absolute Gasteiger partial charge is 0.354 e. The molecule has 1 aromatic heterocycles. The monoisotopic (exact) mass is 289 g/mol. The Labute approximate surface area is 124 Å². The molecule has 0 unspecified atom stereocenters. The van der Waals surface area contributed by atoms with E-state index < -0.39 is 0 Å². The van der Waals surface area contributed by atoms with Gasteiger partial charge < -0.3 is 5.32 Å². The number of amides is 1. The first-order valence-electron chi connectivity index (χ1n) is 7.03. The lowest BCUT2D eigenvalue weighted by molar-refractivity contribution is -0.121. The number of halogens is 1. The van der Waals surface area contributed by atoms with E-state index in [-0.39, 0.29) is 17.8 Å². The van der Waals surface area contributed by atoms with Crippen molar-refractivity contribution in [1.29, 1.82) is 0 Å². The first-order chi connectivity index (χ1) is 9.95. The minimum absolute atomic E-state index is 0.0268. The van der Waals surface area contributed by atoms with Gasteiger partial charge in [-0.25, -0.2) is 4.39 Å². The molecule has 1 aromatic carbocycles. The van der Waals surface area contributed by atoms with Crippen LogP contribution in [-0.2, 0) is 18.3 Å². The van der Waals surface area contributed by atoms with E-state index in [2.05, 4.69) is 10.4 Å². The van der Waals surface area contributed by atoms with Crippen LogP contribution in [0, 0.1) is 5.82 Å². The van der Waals surface area contributed by atoms with Gasteiger partial charge in [0.05, 0.1) is 5.69 Å². The zero-order valence-corrected chi connectivity index (χ0v) is 12.6. The van der Waals surface area contributed by atoms with Crippen molar-refractivity contribution in [3.05, 3.63) is 41.8 Å². The summed E-state index contributed by atoms with van der Waals surface area (Å²) in [5.74, 6) is -0.244. The van der Waals surface area contributed by atoms with Crippen molar-refractivity contribution in [3.8, 4) is 11.3 Å². The van der Waals surface area contributed by atoms with Gasteiger partial charge >= 0.3 is 0 Å². The summed E-state index contributed by atoms with van der Waals surface area (Å²) in [6.45, 7) is 3.87. The third-order valence-corrected chi connectivity index (χ3v) is 3.09. The van der Waals surface area contributed by atoms with Crippen LogP contribution in [0.2, 0.25) is 0 Å². The molecule has 1 N–H and O–H groups in total. The van der Waals surface area contributed by atoms with Gasteiger partial charge in [0.2, 0.25) is 5.91 Å². The lowest BCUT2D eigenvalue weighted by Gasteiger charge is -2.08. The number of hydrogen-bond acceptors (Lipinski definition) is 2. The summed E-state index contributed by atoms with van der Waals surface area (Å²) in [5.41, 5.74) is 2.65. The molecule has 0 saturated heterocycles. The highest BCUT2D eigenvalue weighted by Gasteiger charge is 2.12. The number of benzene rings is 1. The molecule has 0 saturated carbocycles. The quantitative estimate of drug-likeness (QED) is 0.920. The molecule has 0 aliphatic carbocycles. The Kier molecular flexibility index (Phi) is 4.73. The Morgan fingerprint density at radius 3 is 2.62 bits per heavy atom. The highest BCUT2D eigenvalue weighted by atomic mass is 19.1. The van der Waals surface area contributed by atoms with E-state index in [1.807, 2.05) is 27.1 Å². The summed E-state index contributed by atoms with van der Waals surface area (Å²) in [6.07, 6.45) is 2.93. The molecule has 0 atom stereocenters. The van der Waals surface area contributed by atoms with Gasteiger partial charge in [-0.2, -0.15) is 5.10 Å². The number of carbonyl (C=O) groups is 1. The van der Waals surface area contributed by atoms with E-state index in [4.69, 9.17) is 0 Å². The van der Waals surface area contributed by atoms with Crippen molar-refractivity contribution >= 4 is 5.91 Å². The van der Waals surface area contributed by atoms with Crippen LogP contribution in [0.1, 0.15) is 25.8 Å². The van der Waals surface area contributed by atoms with Crippen LogP contribution < -0.4 is 5.32 Å². The molecule has 4 nitrogen and oxygen atoms in total. The SMILES string of the molecule is CC(C)NC(=O)CCc1cn(C)nc1-c1ccc(F)cc1. The van der Waals surface area contributed by atoms with Crippen LogP contribution in [0.25, 0.3) is 11.3 Å². The van der Waals surface area contributed by atoms with Crippen molar-refractivity contribution in [1.82, 2.24) is 15.1 Å². The smallest absolute Gasteiger partial charge is 0.220 e. The van der Waals surface area contributed by atoms with Gasteiger partial charge in [-0.3, -0.25) is 9.48 Å². The molecule has 112 valence electrons. The van der Waals surface area contributed by atoms with Gasteiger partial charge in [0.25, 0.3) is 0 Å². The molecule has 0 aliphatic heterocycles. The van der Waals surface area contributed by atoms with Crippen molar-refractivity contribution in [2.24, 2.45) is 7.05 Å². The normalized spacial score (nSPS) is 10.9. The third kappa shape index (κ3) is 4.15. The third-order valence-electron chi connectivity index (χ3n) is 3.09. The molecule has 1 amide bonds. The van der Waals surface area contributed by atoms with Gasteiger partial charge in [-0.05, 0) is 50.1 Å². The van der Waals surface area contributed by atoms with Crippen molar-refractivity contribution < 1.29 is 9.18 Å². The minimum atomic E-state index is -0.271. The van der Waals surface area contributed by atoms with Crippen molar-refractivity contribution in [2.75, 3.05) is 0 Å². The van der Waals surface area contributed by atoms with Gasteiger partial charge in [0, 0.05) is 31.3 Å². The lowest BCUT2D eigenvalue weighted by Crippen LogP contribution is -2.30. The summed E-state index contributed by atoms with van der Waals surface area (Å²) < 4.78 is 14.7. The van der Waals surface area contributed by atoms with Gasteiger partial charge in [-0.1, -0.05) is 0 Å². The molecule has 0 fully saturated rings. The van der Waals surface area contributed by atoms with Gasteiger partial charge in [0.15, 0.2) is 0 Å². The molecule has 1 heterocycles. The fraction of sp³-hybridized carbons (Fsp3) is 0.375. The second-order valence-electron chi connectivity index (χ2n) is 5.41. The van der Waals surface area contributed by atoms with E-state index in [0.29, 0.717) is 12.8 Å². The van der Waals surface area contributed by atoms with Gasteiger partial charge in [-0.15, -0.1) is 0 Å².